The number of nitrogens with one attached hydrogen (secondary N) is 1. The van der Waals surface area contributed by atoms with Gasteiger partial charge in [0.2, 0.25) is 16.0 Å². The summed E-state index contributed by atoms with van der Waals surface area (Å²) in [5, 5.41) is 8.54. The lowest BCUT2D eigenvalue weighted by Gasteiger charge is -2.31. The quantitative estimate of drug-likeness (QED) is 0.666. The number of fused-ring (bicyclic) bond motifs is 1. The molecule has 1 N–H and O–H groups in total. The molecule has 0 saturated carbocycles. The van der Waals surface area contributed by atoms with E-state index in [1.165, 1.54) is 22.0 Å². The number of nitrogens with zero attached hydrogens (tertiary/aromatic N) is 5. The van der Waals surface area contributed by atoms with Gasteiger partial charge in [0.1, 0.15) is 5.82 Å². The Bertz CT molecular complexity index is 1080. The average molecular weight is 433 g/mol. The van der Waals surface area contributed by atoms with E-state index < -0.39 is 0 Å². The maximum Gasteiger partial charge on any atom is 0.275 e. The molecule has 0 radical (unpaired) electrons. The number of amides is 1. The van der Waals surface area contributed by atoms with Crippen LogP contribution in [-0.2, 0) is 11.2 Å². The predicted octanol–water partition coefficient (Wildman–Crippen LogP) is 3.01. The summed E-state index contributed by atoms with van der Waals surface area (Å²) in [5.74, 6) is 0.218. The molecule has 10 heteroatoms. The second-order valence-corrected chi connectivity index (χ2v) is 8.42. The lowest BCUT2D eigenvalue weighted by atomic mass is 9.97. The van der Waals surface area contributed by atoms with E-state index in [0.717, 1.165) is 37.9 Å². The van der Waals surface area contributed by atoms with E-state index in [4.69, 9.17) is 11.6 Å². The second kappa shape index (κ2) is 8.46. The fourth-order valence-electron chi connectivity index (χ4n) is 3.40. The molecule has 1 atom stereocenters. The first kappa shape index (κ1) is 19.8. The molecule has 1 aliphatic heterocycles. The SMILES string of the molecule is CCCc1cc(=O)n2nc(N3CCCC(C(=O)Nc4ccc(Cl)cn4)C3)sc2n1. The van der Waals surface area contributed by atoms with E-state index >= 15 is 0 Å². The summed E-state index contributed by atoms with van der Waals surface area (Å²) in [6.45, 7) is 3.38. The maximum absolute atomic E-state index is 12.7. The van der Waals surface area contributed by atoms with Gasteiger partial charge in [0.15, 0.2) is 0 Å². The van der Waals surface area contributed by atoms with Crippen molar-refractivity contribution in [1.29, 1.82) is 0 Å². The molecule has 0 spiro atoms. The van der Waals surface area contributed by atoms with Gasteiger partial charge < -0.3 is 10.2 Å². The van der Waals surface area contributed by atoms with E-state index in [9.17, 15) is 9.59 Å². The largest absolute Gasteiger partial charge is 0.346 e. The molecule has 1 amide bonds. The Morgan fingerprint density at radius 1 is 1.41 bits per heavy atom. The van der Waals surface area contributed by atoms with Gasteiger partial charge in [-0.05, 0) is 31.4 Å². The van der Waals surface area contributed by atoms with Gasteiger partial charge in [0.05, 0.1) is 10.9 Å². The van der Waals surface area contributed by atoms with Crippen molar-refractivity contribution in [3.8, 4) is 0 Å². The van der Waals surface area contributed by atoms with Crippen LogP contribution in [0.3, 0.4) is 0 Å². The van der Waals surface area contributed by atoms with Crippen molar-refractivity contribution >= 4 is 44.8 Å². The Morgan fingerprint density at radius 2 is 2.28 bits per heavy atom. The highest BCUT2D eigenvalue weighted by Gasteiger charge is 2.28. The Morgan fingerprint density at radius 3 is 3.03 bits per heavy atom. The third-order valence-corrected chi connectivity index (χ3v) is 6.03. The number of piperidine rings is 1. The third kappa shape index (κ3) is 4.40. The third-order valence-electron chi connectivity index (χ3n) is 4.83. The molecule has 4 heterocycles. The van der Waals surface area contributed by atoms with E-state index in [1.54, 1.807) is 18.2 Å². The predicted molar refractivity (Wildman–Crippen MR) is 114 cm³/mol. The van der Waals surface area contributed by atoms with Crippen LogP contribution in [0.5, 0.6) is 0 Å². The number of carbonyl (C=O) groups is 1. The first-order valence-corrected chi connectivity index (χ1v) is 10.8. The molecule has 29 heavy (non-hydrogen) atoms. The first-order valence-electron chi connectivity index (χ1n) is 9.60. The summed E-state index contributed by atoms with van der Waals surface area (Å²) in [6.07, 6.45) is 4.86. The van der Waals surface area contributed by atoms with Crippen LogP contribution in [0.1, 0.15) is 31.9 Å². The van der Waals surface area contributed by atoms with Gasteiger partial charge in [-0.3, -0.25) is 9.59 Å². The van der Waals surface area contributed by atoms with Crippen LogP contribution in [0.4, 0.5) is 10.9 Å². The fraction of sp³-hybridized carbons (Fsp3) is 0.421. The molecule has 1 fully saturated rings. The van der Waals surface area contributed by atoms with E-state index in [0.29, 0.717) is 27.5 Å². The number of pyridine rings is 1. The number of carbonyl (C=O) groups excluding carboxylic acids is 1. The molecule has 3 aromatic rings. The Kier molecular flexibility index (Phi) is 5.77. The molecule has 152 valence electrons. The van der Waals surface area contributed by atoms with Gasteiger partial charge in [-0.2, -0.15) is 4.52 Å². The van der Waals surface area contributed by atoms with E-state index in [2.05, 4.69) is 32.2 Å². The van der Waals surface area contributed by atoms with Crippen molar-refractivity contribution < 1.29 is 4.79 Å². The number of anilines is 2. The van der Waals surface area contributed by atoms with Crippen LogP contribution in [-0.4, -0.2) is 38.6 Å². The molecular weight excluding hydrogens is 412 g/mol. The molecule has 4 rings (SSSR count). The molecule has 0 bridgehead atoms. The van der Waals surface area contributed by atoms with Gasteiger partial charge in [-0.15, -0.1) is 5.10 Å². The van der Waals surface area contributed by atoms with Gasteiger partial charge in [-0.25, -0.2) is 9.97 Å². The zero-order valence-electron chi connectivity index (χ0n) is 16.0. The topological polar surface area (TPSA) is 92.5 Å². The molecular formula is C19H21ClN6O2S. The summed E-state index contributed by atoms with van der Waals surface area (Å²) in [5.41, 5.74) is 0.625. The minimum Gasteiger partial charge on any atom is -0.346 e. The van der Waals surface area contributed by atoms with Crippen LogP contribution in [0.2, 0.25) is 5.02 Å². The number of aromatic nitrogens is 4. The summed E-state index contributed by atoms with van der Waals surface area (Å²) >= 11 is 7.22. The maximum atomic E-state index is 12.7. The van der Waals surface area contributed by atoms with Crippen LogP contribution in [0, 0.1) is 5.92 Å². The minimum absolute atomic E-state index is 0.0776. The molecule has 1 saturated heterocycles. The van der Waals surface area contributed by atoms with Crippen LogP contribution < -0.4 is 15.8 Å². The molecule has 1 aliphatic rings. The first-order chi connectivity index (χ1) is 14.0. The van der Waals surface area contributed by atoms with Crippen LogP contribution in [0.25, 0.3) is 4.96 Å². The van der Waals surface area contributed by atoms with Crippen molar-refractivity contribution in [1.82, 2.24) is 19.6 Å². The van der Waals surface area contributed by atoms with Crippen LogP contribution >= 0.6 is 22.9 Å². The van der Waals surface area contributed by atoms with Crippen molar-refractivity contribution in [3.63, 3.8) is 0 Å². The lowest BCUT2D eigenvalue weighted by Crippen LogP contribution is -2.41. The zero-order valence-corrected chi connectivity index (χ0v) is 17.5. The highest BCUT2D eigenvalue weighted by molar-refractivity contribution is 7.20. The summed E-state index contributed by atoms with van der Waals surface area (Å²) in [7, 11) is 0. The highest BCUT2D eigenvalue weighted by atomic mass is 35.5. The average Bonchev–Trinajstić information content (AvgIpc) is 3.15. The monoisotopic (exact) mass is 432 g/mol. The summed E-state index contributed by atoms with van der Waals surface area (Å²) < 4.78 is 1.35. The summed E-state index contributed by atoms with van der Waals surface area (Å²) in [6, 6.07) is 4.92. The normalized spacial score (nSPS) is 16.9. The number of hydrogen-bond donors (Lipinski definition) is 1. The van der Waals surface area contributed by atoms with E-state index in [-0.39, 0.29) is 17.4 Å². The number of aryl methyl sites for hydroxylation is 1. The van der Waals surface area contributed by atoms with Crippen molar-refractivity contribution in [2.24, 2.45) is 5.92 Å². The van der Waals surface area contributed by atoms with Crippen molar-refractivity contribution in [3.05, 3.63) is 45.5 Å². The number of rotatable bonds is 5. The lowest BCUT2D eigenvalue weighted by molar-refractivity contribution is -0.120. The standard InChI is InChI=1S/C19H21ClN6O2S/c1-2-4-14-9-16(27)26-18(22-14)29-19(24-26)25-8-3-5-12(11-25)17(28)23-15-7-6-13(20)10-21-15/h6-7,9-10,12H,2-5,8,11H2,1H3,(H,21,23,28). The molecule has 8 nitrogen and oxygen atoms in total. The van der Waals surface area contributed by atoms with Gasteiger partial charge in [0, 0.05) is 31.0 Å². The Hall–Kier alpha value is -2.52. The smallest absolute Gasteiger partial charge is 0.275 e. The number of hydrogen-bond acceptors (Lipinski definition) is 7. The molecule has 1 unspecified atom stereocenters. The second-order valence-electron chi connectivity index (χ2n) is 7.05. The Labute approximate surface area is 176 Å². The molecule has 0 aliphatic carbocycles. The van der Waals surface area contributed by atoms with Crippen LogP contribution in [0.15, 0.2) is 29.2 Å². The van der Waals surface area contributed by atoms with Crippen molar-refractivity contribution in [2.75, 3.05) is 23.3 Å². The molecule has 0 aromatic carbocycles. The zero-order chi connectivity index (χ0) is 20.4. The minimum atomic E-state index is -0.187. The number of halogens is 1. The van der Waals surface area contributed by atoms with E-state index in [1.807, 2.05) is 0 Å². The fourth-order valence-corrected chi connectivity index (χ4v) is 4.47. The highest BCUT2D eigenvalue weighted by Crippen LogP contribution is 2.27. The molecule has 3 aromatic heterocycles. The van der Waals surface area contributed by atoms with Gasteiger partial charge in [-0.1, -0.05) is 36.3 Å². The van der Waals surface area contributed by atoms with Gasteiger partial charge in [0.25, 0.3) is 5.56 Å². The van der Waals surface area contributed by atoms with Crippen molar-refractivity contribution in [2.45, 2.75) is 32.6 Å². The Balaban J connectivity index is 1.50. The van der Waals surface area contributed by atoms with Gasteiger partial charge >= 0.3 is 0 Å². The summed E-state index contributed by atoms with van der Waals surface area (Å²) in [4.78, 5) is 36.3.